The van der Waals surface area contributed by atoms with Crippen LogP contribution in [0.2, 0.25) is 5.02 Å². The predicted octanol–water partition coefficient (Wildman–Crippen LogP) is 2.85. The minimum absolute atomic E-state index is 0.0796. The molecule has 1 atom stereocenters. The quantitative estimate of drug-likeness (QED) is 0.802. The Kier molecular flexibility index (Phi) is 5.04. The Labute approximate surface area is 155 Å². The van der Waals surface area contributed by atoms with Crippen LogP contribution in [0.15, 0.2) is 46.6 Å². The number of aromatic nitrogens is 1. The van der Waals surface area contributed by atoms with Crippen molar-refractivity contribution in [2.75, 3.05) is 7.11 Å². The van der Waals surface area contributed by atoms with Gasteiger partial charge in [-0.2, -0.15) is 0 Å². The van der Waals surface area contributed by atoms with Gasteiger partial charge in [-0.3, -0.25) is 4.79 Å². The van der Waals surface area contributed by atoms with Crippen LogP contribution in [0.3, 0.4) is 0 Å². The van der Waals surface area contributed by atoms with Crippen LogP contribution in [0.1, 0.15) is 36.1 Å². The lowest BCUT2D eigenvalue weighted by molar-refractivity contribution is -0.136. The highest BCUT2D eigenvalue weighted by Crippen LogP contribution is 2.41. The number of esters is 1. The van der Waals surface area contributed by atoms with Crippen molar-refractivity contribution >= 4 is 17.6 Å². The van der Waals surface area contributed by atoms with Gasteiger partial charge in [-0.05, 0) is 24.1 Å². The van der Waals surface area contributed by atoms with E-state index in [9.17, 15) is 9.59 Å². The van der Waals surface area contributed by atoms with Gasteiger partial charge >= 0.3 is 5.97 Å². The molecule has 2 aromatic rings. The number of aromatic amines is 1. The number of fused-ring (bicyclic) bond motifs is 1. The molecule has 0 spiro atoms. The molecule has 0 radical (unpaired) electrons. The Morgan fingerprint density at radius 1 is 1.38 bits per heavy atom. The molecule has 2 heterocycles. The van der Waals surface area contributed by atoms with Crippen molar-refractivity contribution < 1.29 is 14.3 Å². The zero-order valence-corrected chi connectivity index (χ0v) is 15.2. The predicted molar refractivity (Wildman–Crippen MR) is 98.2 cm³/mol. The van der Waals surface area contributed by atoms with Gasteiger partial charge in [0.15, 0.2) is 0 Å². The number of aryl methyl sites for hydroxylation is 1. The summed E-state index contributed by atoms with van der Waals surface area (Å²) in [6.07, 6.45) is 1.56. The van der Waals surface area contributed by atoms with Crippen LogP contribution in [-0.2, 0) is 16.0 Å². The lowest BCUT2D eigenvalue weighted by atomic mass is 9.83. The summed E-state index contributed by atoms with van der Waals surface area (Å²) in [5, 5.41) is 0.484. The van der Waals surface area contributed by atoms with Crippen molar-refractivity contribution in [2.24, 2.45) is 5.73 Å². The van der Waals surface area contributed by atoms with E-state index in [2.05, 4.69) is 4.98 Å². The van der Waals surface area contributed by atoms with E-state index < -0.39 is 11.9 Å². The maximum atomic E-state index is 12.8. The number of nitrogens with one attached hydrogen (secondary N) is 1. The molecule has 6 nitrogen and oxygen atoms in total. The molecule has 0 saturated carbocycles. The second-order valence-corrected chi connectivity index (χ2v) is 6.45. The van der Waals surface area contributed by atoms with Gasteiger partial charge in [0.25, 0.3) is 5.56 Å². The van der Waals surface area contributed by atoms with E-state index in [1.165, 1.54) is 7.11 Å². The lowest BCUT2D eigenvalue weighted by Crippen LogP contribution is -2.32. The van der Waals surface area contributed by atoms with Crippen LogP contribution in [0.4, 0.5) is 0 Å². The molecule has 136 valence electrons. The van der Waals surface area contributed by atoms with Crippen molar-refractivity contribution in [1.82, 2.24) is 4.98 Å². The normalized spacial score (nSPS) is 16.0. The van der Waals surface area contributed by atoms with E-state index in [0.717, 1.165) is 12.1 Å². The van der Waals surface area contributed by atoms with Gasteiger partial charge in [0.05, 0.1) is 18.6 Å². The number of halogens is 1. The summed E-state index contributed by atoms with van der Waals surface area (Å²) >= 11 is 6.11. The molecule has 1 aromatic heterocycles. The first-order valence-electron chi connectivity index (χ1n) is 8.23. The summed E-state index contributed by atoms with van der Waals surface area (Å²) in [4.78, 5) is 28.0. The van der Waals surface area contributed by atoms with Gasteiger partial charge in [-0.15, -0.1) is 0 Å². The van der Waals surface area contributed by atoms with Gasteiger partial charge in [0.1, 0.15) is 11.3 Å². The van der Waals surface area contributed by atoms with Crippen molar-refractivity contribution in [3.8, 4) is 5.75 Å². The average molecular weight is 375 g/mol. The lowest BCUT2D eigenvalue weighted by Gasteiger charge is -2.27. The van der Waals surface area contributed by atoms with Crippen molar-refractivity contribution in [3.63, 3.8) is 0 Å². The molecule has 1 aliphatic rings. The molecular weight excluding hydrogens is 356 g/mol. The fourth-order valence-electron chi connectivity index (χ4n) is 3.17. The summed E-state index contributed by atoms with van der Waals surface area (Å²) in [6.45, 7) is 2.01. The first-order chi connectivity index (χ1) is 12.5. The maximum absolute atomic E-state index is 12.8. The highest BCUT2D eigenvalue weighted by Gasteiger charge is 2.37. The Balaban J connectivity index is 2.27. The minimum Gasteiger partial charge on any atom is -0.465 e. The highest BCUT2D eigenvalue weighted by atomic mass is 35.5. The molecule has 7 heteroatoms. The smallest absolute Gasteiger partial charge is 0.340 e. The zero-order chi connectivity index (χ0) is 18.8. The van der Waals surface area contributed by atoms with Gasteiger partial charge in [0.2, 0.25) is 5.88 Å². The fourth-order valence-corrected chi connectivity index (χ4v) is 3.37. The monoisotopic (exact) mass is 374 g/mol. The molecule has 0 bridgehead atoms. The van der Waals surface area contributed by atoms with Crippen LogP contribution in [-0.4, -0.2) is 18.1 Å². The minimum atomic E-state index is -0.732. The fraction of sp³-hybridized carbons (Fsp3) is 0.263. The van der Waals surface area contributed by atoms with E-state index in [4.69, 9.17) is 26.8 Å². The highest BCUT2D eigenvalue weighted by molar-refractivity contribution is 6.30. The summed E-state index contributed by atoms with van der Waals surface area (Å²) in [7, 11) is 1.25. The number of hydrogen-bond donors (Lipinski definition) is 2. The number of ether oxygens (including phenoxy) is 2. The van der Waals surface area contributed by atoms with Crippen LogP contribution in [0.25, 0.3) is 0 Å². The van der Waals surface area contributed by atoms with Crippen LogP contribution >= 0.6 is 11.6 Å². The van der Waals surface area contributed by atoms with Gasteiger partial charge in [0, 0.05) is 16.8 Å². The number of H-pyrrole nitrogens is 1. The SMILES string of the molecule is CCCc1cc2c(c(=O)[nH]1)C(c1cccc(Cl)c1)C(C(=O)OC)=C(N)O2. The first kappa shape index (κ1) is 18.1. The van der Waals surface area contributed by atoms with E-state index in [1.807, 2.05) is 6.92 Å². The van der Waals surface area contributed by atoms with E-state index in [1.54, 1.807) is 30.3 Å². The largest absolute Gasteiger partial charge is 0.465 e. The van der Waals surface area contributed by atoms with Crippen molar-refractivity contribution in [3.05, 3.63) is 74.0 Å². The number of methoxy groups -OCH3 is 1. The van der Waals surface area contributed by atoms with Gasteiger partial charge in [-0.25, -0.2) is 4.79 Å². The summed E-state index contributed by atoms with van der Waals surface area (Å²) in [5.41, 5.74) is 7.48. The number of pyridine rings is 1. The van der Waals surface area contributed by atoms with Crippen LogP contribution in [0, 0.1) is 0 Å². The first-order valence-corrected chi connectivity index (χ1v) is 8.61. The third-order valence-corrected chi connectivity index (χ3v) is 4.49. The van der Waals surface area contributed by atoms with Gasteiger partial charge in [-0.1, -0.05) is 37.1 Å². The molecule has 3 rings (SSSR count). The van der Waals surface area contributed by atoms with Crippen molar-refractivity contribution in [2.45, 2.75) is 25.7 Å². The van der Waals surface area contributed by atoms with E-state index in [0.29, 0.717) is 28.3 Å². The van der Waals surface area contributed by atoms with E-state index in [-0.39, 0.29) is 17.0 Å². The summed E-state index contributed by atoms with van der Waals surface area (Å²) < 4.78 is 10.5. The molecule has 0 aliphatic carbocycles. The number of benzene rings is 1. The van der Waals surface area contributed by atoms with Crippen LogP contribution < -0.4 is 16.0 Å². The Morgan fingerprint density at radius 2 is 2.15 bits per heavy atom. The topological polar surface area (TPSA) is 94.4 Å². The number of hydrogen-bond acceptors (Lipinski definition) is 5. The third kappa shape index (κ3) is 3.20. The molecule has 1 aromatic carbocycles. The molecule has 0 fully saturated rings. The summed E-state index contributed by atoms with van der Waals surface area (Å²) in [6, 6.07) is 8.68. The van der Waals surface area contributed by atoms with E-state index >= 15 is 0 Å². The molecular formula is C19H19ClN2O4. The average Bonchev–Trinajstić information content (AvgIpc) is 2.60. The van der Waals surface area contributed by atoms with Crippen LogP contribution in [0.5, 0.6) is 5.75 Å². The molecule has 1 unspecified atom stereocenters. The van der Waals surface area contributed by atoms with Crippen molar-refractivity contribution in [1.29, 1.82) is 0 Å². The molecule has 3 N–H and O–H groups in total. The second kappa shape index (κ2) is 7.25. The Morgan fingerprint density at radius 3 is 2.81 bits per heavy atom. The maximum Gasteiger partial charge on any atom is 0.340 e. The number of carbonyl (C=O) groups is 1. The number of carbonyl (C=O) groups excluding carboxylic acids is 1. The third-order valence-electron chi connectivity index (χ3n) is 4.26. The number of rotatable bonds is 4. The molecule has 26 heavy (non-hydrogen) atoms. The zero-order valence-electron chi connectivity index (χ0n) is 14.5. The Bertz CT molecular complexity index is 949. The van der Waals surface area contributed by atoms with Gasteiger partial charge < -0.3 is 20.2 Å². The standard InChI is InChI=1S/C19H19ClN2O4/c1-3-5-12-9-13-15(18(23)22-12)14(10-6-4-7-11(20)8-10)16(17(21)26-13)19(24)25-2/h4,6-9,14H,3,5,21H2,1-2H3,(H,22,23). The molecule has 1 aliphatic heterocycles. The summed E-state index contributed by atoms with van der Waals surface area (Å²) in [5.74, 6) is -1.13. The second-order valence-electron chi connectivity index (χ2n) is 6.01. The molecule has 0 saturated heterocycles. The molecule has 0 amide bonds. The number of nitrogens with two attached hydrogens (primary N) is 1. The Hall–Kier alpha value is -2.73.